The Kier molecular flexibility index (Phi) is 4.71. The minimum absolute atomic E-state index is 0.164. The Hall–Kier alpha value is -2.63. The Balaban J connectivity index is 1.66. The maximum atomic E-state index is 12.3. The number of rotatable bonds is 4. The highest BCUT2D eigenvalue weighted by Crippen LogP contribution is 2.26. The van der Waals surface area contributed by atoms with Crippen LogP contribution < -0.4 is 15.5 Å². The zero-order valence-corrected chi connectivity index (χ0v) is 13.2. The summed E-state index contributed by atoms with van der Waals surface area (Å²) in [6, 6.07) is 8.95. The van der Waals surface area contributed by atoms with Gasteiger partial charge in [0.15, 0.2) is 5.82 Å². The molecule has 0 saturated carbocycles. The highest BCUT2D eigenvalue weighted by molar-refractivity contribution is 5.92. The fraction of sp³-hybridized carbons (Fsp3) is 0.353. The predicted molar refractivity (Wildman–Crippen MR) is 90.5 cm³/mol. The minimum atomic E-state index is -0.253. The number of urea groups is 1. The molecule has 3 rings (SSSR count). The zero-order valence-electron chi connectivity index (χ0n) is 13.2. The summed E-state index contributed by atoms with van der Waals surface area (Å²) in [5.41, 5.74) is 1.56. The fourth-order valence-corrected chi connectivity index (χ4v) is 2.74. The smallest absolute Gasteiger partial charge is 0.319 e. The molecule has 2 N–H and O–H groups in total. The number of hydrogen-bond donors (Lipinski definition) is 2. The molecule has 0 aromatic carbocycles. The van der Waals surface area contributed by atoms with Crippen molar-refractivity contribution >= 4 is 17.5 Å². The van der Waals surface area contributed by atoms with E-state index in [0.717, 1.165) is 30.3 Å². The molecule has 2 aromatic heterocycles. The van der Waals surface area contributed by atoms with Crippen LogP contribution >= 0.6 is 0 Å². The van der Waals surface area contributed by atoms with E-state index in [1.54, 1.807) is 12.4 Å². The van der Waals surface area contributed by atoms with Crippen LogP contribution in [0.15, 0.2) is 42.7 Å². The average Bonchev–Trinajstić information content (AvgIpc) is 3.10. The van der Waals surface area contributed by atoms with Crippen molar-refractivity contribution < 1.29 is 4.79 Å². The van der Waals surface area contributed by atoms with Gasteiger partial charge in [-0.15, -0.1) is 0 Å². The van der Waals surface area contributed by atoms with Gasteiger partial charge in [-0.1, -0.05) is 6.07 Å². The maximum absolute atomic E-state index is 12.3. The molecule has 1 atom stereocenters. The molecule has 120 valence electrons. The molecule has 2 amide bonds. The number of amides is 2. The van der Waals surface area contributed by atoms with Crippen molar-refractivity contribution in [3.8, 4) is 0 Å². The molecule has 1 fully saturated rings. The van der Waals surface area contributed by atoms with Crippen LogP contribution in [-0.2, 0) is 0 Å². The summed E-state index contributed by atoms with van der Waals surface area (Å²) in [6.07, 6.45) is 5.81. The highest BCUT2D eigenvalue weighted by Gasteiger charge is 2.18. The van der Waals surface area contributed by atoms with Gasteiger partial charge in [-0.25, -0.2) is 9.78 Å². The van der Waals surface area contributed by atoms with E-state index < -0.39 is 0 Å². The van der Waals surface area contributed by atoms with Crippen molar-refractivity contribution in [3.63, 3.8) is 0 Å². The van der Waals surface area contributed by atoms with Gasteiger partial charge in [0, 0.05) is 25.5 Å². The molecule has 0 bridgehead atoms. The second-order valence-corrected chi connectivity index (χ2v) is 5.64. The molecule has 0 aliphatic carbocycles. The number of carbonyl (C=O) groups is 1. The monoisotopic (exact) mass is 311 g/mol. The van der Waals surface area contributed by atoms with Gasteiger partial charge in [-0.05, 0) is 44.0 Å². The van der Waals surface area contributed by atoms with E-state index in [-0.39, 0.29) is 12.1 Å². The van der Waals surface area contributed by atoms with Gasteiger partial charge >= 0.3 is 6.03 Å². The van der Waals surface area contributed by atoms with Gasteiger partial charge in [0.1, 0.15) is 0 Å². The lowest BCUT2D eigenvalue weighted by atomic mass is 10.2. The third-order valence-electron chi connectivity index (χ3n) is 3.92. The molecule has 2 aromatic rings. The summed E-state index contributed by atoms with van der Waals surface area (Å²) >= 11 is 0. The second-order valence-electron chi connectivity index (χ2n) is 5.64. The van der Waals surface area contributed by atoms with Gasteiger partial charge in [0.2, 0.25) is 0 Å². The molecular formula is C17H21N5O. The fourth-order valence-electron chi connectivity index (χ4n) is 2.74. The summed E-state index contributed by atoms with van der Waals surface area (Å²) in [5, 5.41) is 5.81. The van der Waals surface area contributed by atoms with Crippen LogP contribution in [0, 0.1) is 0 Å². The first-order valence-electron chi connectivity index (χ1n) is 7.92. The first kappa shape index (κ1) is 15.3. The second kappa shape index (κ2) is 7.09. The molecule has 3 heterocycles. The average molecular weight is 311 g/mol. The van der Waals surface area contributed by atoms with Crippen LogP contribution in [0.4, 0.5) is 16.3 Å². The van der Waals surface area contributed by atoms with Crippen molar-refractivity contribution in [1.82, 2.24) is 15.3 Å². The number of hydrogen-bond acceptors (Lipinski definition) is 4. The third kappa shape index (κ3) is 3.77. The molecule has 0 unspecified atom stereocenters. The van der Waals surface area contributed by atoms with Gasteiger partial charge in [0.25, 0.3) is 0 Å². The molecule has 0 radical (unpaired) electrons. The van der Waals surface area contributed by atoms with Crippen LogP contribution in [0.2, 0.25) is 0 Å². The van der Waals surface area contributed by atoms with E-state index in [1.807, 2.05) is 37.3 Å². The van der Waals surface area contributed by atoms with Gasteiger partial charge < -0.3 is 15.5 Å². The lowest BCUT2D eigenvalue weighted by Gasteiger charge is -2.21. The number of anilines is 2. The Morgan fingerprint density at radius 2 is 1.91 bits per heavy atom. The standard InChI is InChI=1S/C17H21N5O/c1-13(14-7-2-3-9-18-14)20-17(23)21-15-8-6-10-19-16(15)22-11-4-5-12-22/h2-3,6-10,13H,4-5,11-12H2,1H3,(H2,20,21,23)/t13-/m1/s1. The zero-order chi connectivity index (χ0) is 16.1. The van der Waals surface area contributed by atoms with Crippen molar-refractivity contribution in [2.45, 2.75) is 25.8 Å². The van der Waals surface area contributed by atoms with E-state index in [4.69, 9.17) is 0 Å². The van der Waals surface area contributed by atoms with Crippen molar-refractivity contribution in [2.24, 2.45) is 0 Å². The topological polar surface area (TPSA) is 70.2 Å². The van der Waals surface area contributed by atoms with Crippen LogP contribution in [0.25, 0.3) is 0 Å². The highest BCUT2D eigenvalue weighted by atomic mass is 16.2. The molecule has 1 aliphatic heterocycles. The third-order valence-corrected chi connectivity index (χ3v) is 3.92. The van der Waals surface area contributed by atoms with E-state index in [0.29, 0.717) is 0 Å². The summed E-state index contributed by atoms with van der Waals surface area (Å²) < 4.78 is 0. The summed E-state index contributed by atoms with van der Waals surface area (Å²) in [7, 11) is 0. The van der Waals surface area contributed by atoms with Crippen LogP contribution in [0.5, 0.6) is 0 Å². The van der Waals surface area contributed by atoms with Gasteiger partial charge in [-0.2, -0.15) is 0 Å². The minimum Gasteiger partial charge on any atom is -0.355 e. The van der Waals surface area contributed by atoms with Crippen LogP contribution in [0.1, 0.15) is 31.5 Å². The van der Waals surface area contributed by atoms with E-state index in [9.17, 15) is 4.79 Å². The van der Waals surface area contributed by atoms with E-state index in [1.165, 1.54) is 12.8 Å². The first-order valence-corrected chi connectivity index (χ1v) is 7.92. The number of aromatic nitrogens is 2. The normalized spacial score (nSPS) is 15.3. The molecule has 1 saturated heterocycles. The number of nitrogens with zero attached hydrogens (tertiary/aromatic N) is 3. The SMILES string of the molecule is C[C@@H](NC(=O)Nc1cccnc1N1CCCC1)c1ccccn1. The molecule has 0 spiro atoms. The van der Waals surface area contributed by atoms with Crippen molar-refractivity contribution in [3.05, 3.63) is 48.4 Å². The molecule has 6 nitrogen and oxygen atoms in total. The summed E-state index contributed by atoms with van der Waals surface area (Å²) in [5.74, 6) is 0.839. The summed E-state index contributed by atoms with van der Waals surface area (Å²) in [6.45, 7) is 3.88. The molecule has 23 heavy (non-hydrogen) atoms. The largest absolute Gasteiger partial charge is 0.355 e. The lowest BCUT2D eigenvalue weighted by Crippen LogP contribution is -2.32. The van der Waals surface area contributed by atoms with Gasteiger partial charge in [-0.3, -0.25) is 4.98 Å². The van der Waals surface area contributed by atoms with Gasteiger partial charge in [0.05, 0.1) is 17.4 Å². The van der Waals surface area contributed by atoms with Crippen molar-refractivity contribution in [1.29, 1.82) is 0 Å². The molecular weight excluding hydrogens is 290 g/mol. The van der Waals surface area contributed by atoms with Crippen LogP contribution in [0.3, 0.4) is 0 Å². The molecule has 6 heteroatoms. The lowest BCUT2D eigenvalue weighted by molar-refractivity contribution is 0.249. The summed E-state index contributed by atoms with van der Waals surface area (Å²) in [4.78, 5) is 23.2. The first-order chi connectivity index (χ1) is 11.2. The Morgan fingerprint density at radius 1 is 1.13 bits per heavy atom. The number of nitrogens with one attached hydrogen (secondary N) is 2. The van der Waals surface area contributed by atoms with E-state index in [2.05, 4.69) is 25.5 Å². The van der Waals surface area contributed by atoms with E-state index >= 15 is 0 Å². The Morgan fingerprint density at radius 3 is 2.65 bits per heavy atom. The quantitative estimate of drug-likeness (QED) is 0.911. The predicted octanol–water partition coefficient (Wildman–Crippen LogP) is 2.96. The van der Waals surface area contributed by atoms with Crippen LogP contribution in [-0.4, -0.2) is 29.1 Å². The Labute approximate surface area is 135 Å². The van der Waals surface area contributed by atoms with Crippen molar-refractivity contribution in [2.75, 3.05) is 23.3 Å². The maximum Gasteiger partial charge on any atom is 0.319 e. The number of carbonyl (C=O) groups excluding carboxylic acids is 1. The Bertz CT molecular complexity index is 655. The number of pyridine rings is 2. The molecule has 1 aliphatic rings.